The molecule has 2 aromatic rings. The van der Waals surface area contributed by atoms with Crippen molar-refractivity contribution in [1.82, 2.24) is 4.98 Å². The summed E-state index contributed by atoms with van der Waals surface area (Å²) < 4.78 is 0. The maximum absolute atomic E-state index is 6.04. The van der Waals surface area contributed by atoms with Crippen molar-refractivity contribution in [2.75, 3.05) is 5.73 Å². The minimum absolute atomic E-state index is 0.736. The van der Waals surface area contributed by atoms with Gasteiger partial charge in [-0.2, -0.15) is 0 Å². The highest BCUT2D eigenvalue weighted by Gasteiger charge is 2.03. The van der Waals surface area contributed by atoms with Gasteiger partial charge >= 0.3 is 0 Å². The van der Waals surface area contributed by atoms with Gasteiger partial charge in [-0.25, -0.2) is 4.98 Å². The second kappa shape index (κ2) is 4.88. The smallest absolute Gasteiger partial charge is 0.0795 e. The first-order valence-corrected chi connectivity index (χ1v) is 6.61. The van der Waals surface area contributed by atoms with Crippen LogP contribution in [0.25, 0.3) is 0 Å². The van der Waals surface area contributed by atoms with Crippen molar-refractivity contribution in [2.45, 2.75) is 10.6 Å². The van der Waals surface area contributed by atoms with Crippen LogP contribution in [0.1, 0.15) is 5.69 Å². The molecule has 1 aromatic heterocycles. The third-order valence-corrected chi connectivity index (χ3v) is 3.98. The molecule has 5 heteroatoms. The van der Waals surface area contributed by atoms with Crippen LogP contribution in [0, 0.1) is 0 Å². The highest BCUT2D eigenvalue weighted by molar-refractivity contribution is 7.98. The number of hydrogen-bond acceptors (Lipinski definition) is 4. The van der Waals surface area contributed by atoms with Crippen LogP contribution >= 0.6 is 34.7 Å². The summed E-state index contributed by atoms with van der Waals surface area (Å²) in [6.45, 7) is 0. The highest BCUT2D eigenvalue weighted by atomic mass is 35.5. The topological polar surface area (TPSA) is 38.9 Å². The van der Waals surface area contributed by atoms with Gasteiger partial charge < -0.3 is 5.73 Å². The van der Waals surface area contributed by atoms with Gasteiger partial charge in [0.25, 0.3) is 0 Å². The molecule has 0 aliphatic rings. The fourth-order valence-electron chi connectivity index (χ4n) is 1.09. The number of nitrogen functional groups attached to an aromatic ring is 1. The van der Waals surface area contributed by atoms with E-state index >= 15 is 0 Å². The van der Waals surface area contributed by atoms with Crippen LogP contribution in [-0.2, 0) is 5.75 Å². The molecule has 0 aliphatic heterocycles. The molecule has 0 unspecified atom stereocenters. The Balaban J connectivity index is 2.07. The Bertz CT molecular complexity index is 443. The summed E-state index contributed by atoms with van der Waals surface area (Å²) in [5.41, 5.74) is 9.33. The molecule has 1 aromatic carbocycles. The molecule has 1 heterocycles. The zero-order valence-corrected chi connectivity index (χ0v) is 10.2. The minimum Gasteiger partial charge on any atom is -0.399 e. The van der Waals surface area contributed by atoms with Crippen molar-refractivity contribution >= 4 is 40.4 Å². The molecular formula is C10H9ClN2S2. The zero-order valence-electron chi connectivity index (χ0n) is 7.81. The maximum atomic E-state index is 6.04. The Kier molecular flexibility index (Phi) is 3.51. The van der Waals surface area contributed by atoms with Gasteiger partial charge in [0.15, 0.2) is 0 Å². The Morgan fingerprint density at radius 2 is 2.33 bits per heavy atom. The summed E-state index contributed by atoms with van der Waals surface area (Å²) in [7, 11) is 0. The van der Waals surface area contributed by atoms with E-state index in [0.29, 0.717) is 0 Å². The molecule has 0 amide bonds. The Morgan fingerprint density at radius 3 is 3.07 bits per heavy atom. The quantitative estimate of drug-likeness (QED) is 0.673. The predicted molar refractivity (Wildman–Crippen MR) is 67.5 cm³/mol. The lowest BCUT2D eigenvalue weighted by molar-refractivity contribution is 1.23. The van der Waals surface area contributed by atoms with Crippen LogP contribution in [0.2, 0.25) is 5.02 Å². The molecule has 78 valence electrons. The lowest BCUT2D eigenvalue weighted by Gasteiger charge is -2.03. The van der Waals surface area contributed by atoms with Gasteiger partial charge in [-0.05, 0) is 18.2 Å². The van der Waals surface area contributed by atoms with Crippen molar-refractivity contribution in [3.05, 3.63) is 39.8 Å². The lowest BCUT2D eigenvalue weighted by atomic mass is 10.3. The van der Waals surface area contributed by atoms with E-state index in [1.165, 1.54) is 0 Å². The predicted octanol–water partition coefficient (Wildman–Crippen LogP) is 3.67. The number of anilines is 1. The van der Waals surface area contributed by atoms with Crippen molar-refractivity contribution in [3.63, 3.8) is 0 Å². The van der Waals surface area contributed by atoms with Crippen molar-refractivity contribution in [3.8, 4) is 0 Å². The molecule has 2 nitrogen and oxygen atoms in total. The number of thioether (sulfide) groups is 1. The van der Waals surface area contributed by atoms with Crippen molar-refractivity contribution < 1.29 is 0 Å². The third kappa shape index (κ3) is 2.87. The first-order valence-electron chi connectivity index (χ1n) is 4.30. The molecule has 0 spiro atoms. The van der Waals surface area contributed by atoms with E-state index < -0.39 is 0 Å². The number of nitrogens with two attached hydrogens (primary N) is 1. The third-order valence-electron chi connectivity index (χ3n) is 1.81. The zero-order chi connectivity index (χ0) is 10.7. The van der Waals surface area contributed by atoms with E-state index in [1.807, 2.05) is 23.0 Å². The van der Waals surface area contributed by atoms with Gasteiger partial charge in [-0.3, -0.25) is 0 Å². The second-order valence-corrected chi connectivity index (χ2v) is 5.10. The van der Waals surface area contributed by atoms with Crippen molar-refractivity contribution in [2.24, 2.45) is 0 Å². The van der Waals surface area contributed by atoms with E-state index in [2.05, 4.69) is 4.98 Å². The molecule has 0 bridgehead atoms. The van der Waals surface area contributed by atoms with Gasteiger partial charge in [-0.1, -0.05) is 11.6 Å². The lowest BCUT2D eigenvalue weighted by Crippen LogP contribution is -1.86. The fraction of sp³-hybridized carbons (Fsp3) is 0.100. The Labute approximate surface area is 101 Å². The molecule has 2 N–H and O–H groups in total. The first-order chi connectivity index (χ1) is 7.25. The molecule has 0 atom stereocenters. The van der Waals surface area contributed by atoms with E-state index in [4.69, 9.17) is 17.3 Å². The molecule has 0 fully saturated rings. The molecular weight excluding hydrogens is 248 g/mol. The van der Waals surface area contributed by atoms with Crippen LogP contribution in [0.4, 0.5) is 5.69 Å². The van der Waals surface area contributed by atoms with E-state index in [1.54, 1.807) is 29.2 Å². The first kappa shape index (κ1) is 10.8. The Hall–Kier alpha value is -0.710. The highest BCUT2D eigenvalue weighted by Crippen LogP contribution is 2.31. The van der Waals surface area contributed by atoms with E-state index in [-0.39, 0.29) is 0 Å². The number of hydrogen-bond donors (Lipinski definition) is 1. The molecule has 2 rings (SSSR count). The SMILES string of the molecule is Nc1ccc(Cl)c(SCc2cscn2)c1. The van der Waals surface area contributed by atoms with Crippen LogP contribution in [0.5, 0.6) is 0 Å². The maximum Gasteiger partial charge on any atom is 0.0795 e. The number of halogens is 1. The van der Waals surface area contributed by atoms with Gasteiger partial charge in [-0.15, -0.1) is 23.1 Å². The molecule has 0 aliphatic carbocycles. The minimum atomic E-state index is 0.736. The second-order valence-electron chi connectivity index (χ2n) is 2.96. The van der Waals surface area contributed by atoms with Crippen LogP contribution in [0.3, 0.4) is 0 Å². The molecule has 0 radical (unpaired) electrons. The van der Waals surface area contributed by atoms with Crippen LogP contribution in [-0.4, -0.2) is 4.98 Å². The largest absolute Gasteiger partial charge is 0.399 e. The standard InChI is InChI=1S/C10H9ClN2S2/c11-9-2-1-7(12)3-10(9)15-5-8-4-14-6-13-8/h1-4,6H,5,12H2. The number of thiazole rings is 1. The molecule has 0 saturated heterocycles. The van der Waals surface area contributed by atoms with Crippen LogP contribution in [0.15, 0.2) is 34.0 Å². The average Bonchev–Trinajstić information content (AvgIpc) is 2.72. The van der Waals surface area contributed by atoms with Crippen molar-refractivity contribution in [1.29, 1.82) is 0 Å². The monoisotopic (exact) mass is 256 g/mol. The normalized spacial score (nSPS) is 10.5. The average molecular weight is 257 g/mol. The number of rotatable bonds is 3. The summed E-state index contributed by atoms with van der Waals surface area (Å²) >= 11 is 9.29. The number of nitrogens with zero attached hydrogens (tertiary/aromatic N) is 1. The van der Waals surface area contributed by atoms with Gasteiger partial charge in [0, 0.05) is 21.7 Å². The molecule has 15 heavy (non-hydrogen) atoms. The van der Waals surface area contributed by atoms with Gasteiger partial charge in [0.2, 0.25) is 0 Å². The van der Waals surface area contributed by atoms with Gasteiger partial charge in [0.05, 0.1) is 16.2 Å². The Morgan fingerprint density at radius 1 is 1.47 bits per heavy atom. The fourth-order valence-corrected chi connectivity index (χ4v) is 2.92. The van der Waals surface area contributed by atoms with E-state index in [9.17, 15) is 0 Å². The molecule has 0 saturated carbocycles. The summed E-state index contributed by atoms with van der Waals surface area (Å²) in [6, 6.07) is 5.51. The van der Waals surface area contributed by atoms with Gasteiger partial charge in [0.1, 0.15) is 0 Å². The number of aromatic nitrogens is 1. The van der Waals surface area contributed by atoms with E-state index in [0.717, 1.165) is 27.1 Å². The summed E-state index contributed by atoms with van der Waals surface area (Å²) in [4.78, 5) is 5.21. The summed E-state index contributed by atoms with van der Waals surface area (Å²) in [5, 5.41) is 2.78. The number of benzene rings is 1. The summed E-state index contributed by atoms with van der Waals surface area (Å²) in [6.07, 6.45) is 0. The van der Waals surface area contributed by atoms with Crippen LogP contribution < -0.4 is 5.73 Å². The summed E-state index contributed by atoms with van der Waals surface area (Å²) in [5.74, 6) is 0.826.